The van der Waals surface area contributed by atoms with Gasteiger partial charge in [0.05, 0.1) is 5.69 Å². The summed E-state index contributed by atoms with van der Waals surface area (Å²) in [5, 5.41) is 7.82. The van der Waals surface area contributed by atoms with Crippen LogP contribution >= 0.6 is 0 Å². The molecule has 4 heteroatoms. The minimum atomic E-state index is -0.183. The lowest BCUT2D eigenvalue weighted by Crippen LogP contribution is -2.11. The molecule has 2 aromatic rings. The van der Waals surface area contributed by atoms with Crippen molar-refractivity contribution in [1.82, 2.24) is 15.1 Å². The van der Waals surface area contributed by atoms with Gasteiger partial charge in [0.1, 0.15) is 5.82 Å². The highest BCUT2D eigenvalue weighted by atomic mass is 19.1. The van der Waals surface area contributed by atoms with Crippen LogP contribution in [0, 0.1) is 19.7 Å². The average Bonchev–Trinajstić information content (AvgIpc) is 2.73. The third-order valence-electron chi connectivity index (χ3n) is 3.70. The number of nitrogens with zero attached hydrogens (tertiary/aromatic N) is 2. The van der Waals surface area contributed by atoms with Gasteiger partial charge in [-0.15, -0.1) is 0 Å². The van der Waals surface area contributed by atoms with Crippen molar-refractivity contribution in [3.63, 3.8) is 0 Å². The van der Waals surface area contributed by atoms with Gasteiger partial charge in [-0.2, -0.15) is 5.10 Å². The summed E-state index contributed by atoms with van der Waals surface area (Å²) in [6, 6.07) is 5.33. The Hall–Kier alpha value is -1.68. The Bertz CT molecular complexity index is 617. The summed E-state index contributed by atoms with van der Waals surface area (Å²) in [6.07, 6.45) is 1.02. The average molecular weight is 289 g/mol. The molecule has 0 amide bonds. The Morgan fingerprint density at radius 2 is 2.00 bits per heavy atom. The van der Waals surface area contributed by atoms with Crippen LogP contribution in [0.1, 0.15) is 37.2 Å². The first-order valence-electron chi connectivity index (χ1n) is 7.62. The normalized spacial score (nSPS) is 11.1. The van der Waals surface area contributed by atoms with Crippen molar-refractivity contribution in [2.75, 3.05) is 6.54 Å². The number of nitrogens with one attached hydrogen (secondary N) is 1. The molecule has 0 unspecified atom stereocenters. The second-order valence-corrected chi connectivity index (χ2v) is 5.36. The number of aromatic nitrogens is 2. The maximum atomic E-state index is 14.3. The largest absolute Gasteiger partial charge is 0.313 e. The SMILES string of the molecule is CCCn1nc(C)c(-c2cc(CNCC)ccc2F)c1C. The smallest absolute Gasteiger partial charge is 0.131 e. The summed E-state index contributed by atoms with van der Waals surface area (Å²) in [4.78, 5) is 0. The van der Waals surface area contributed by atoms with Crippen LogP contribution in [0.4, 0.5) is 4.39 Å². The van der Waals surface area contributed by atoms with Crippen molar-refractivity contribution in [2.45, 2.75) is 47.2 Å². The van der Waals surface area contributed by atoms with E-state index in [0.717, 1.165) is 48.6 Å². The molecule has 114 valence electrons. The van der Waals surface area contributed by atoms with Gasteiger partial charge < -0.3 is 5.32 Å². The van der Waals surface area contributed by atoms with Crippen molar-refractivity contribution in [1.29, 1.82) is 0 Å². The van der Waals surface area contributed by atoms with Gasteiger partial charge in [0.15, 0.2) is 0 Å². The van der Waals surface area contributed by atoms with E-state index in [2.05, 4.69) is 24.3 Å². The molecule has 0 aliphatic heterocycles. The predicted octanol–water partition coefficient (Wildman–Crippen LogP) is 3.83. The van der Waals surface area contributed by atoms with Gasteiger partial charge in [-0.25, -0.2) is 4.39 Å². The maximum Gasteiger partial charge on any atom is 0.131 e. The second-order valence-electron chi connectivity index (χ2n) is 5.36. The number of halogens is 1. The van der Waals surface area contributed by atoms with E-state index in [4.69, 9.17) is 0 Å². The highest BCUT2D eigenvalue weighted by Gasteiger charge is 2.16. The molecule has 0 fully saturated rings. The number of aryl methyl sites for hydroxylation is 2. The van der Waals surface area contributed by atoms with E-state index in [1.165, 1.54) is 0 Å². The van der Waals surface area contributed by atoms with Gasteiger partial charge in [0, 0.05) is 29.9 Å². The molecule has 0 saturated carbocycles. The van der Waals surface area contributed by atoms with E-state index >= 15 is 0 Å². The summed E-state index contributed by atoms with van der Waals surface area (Å²) in [5.41, 5.74) is 4.60. The monoisotopic (exact) mass is 289 g/mol. The minimum absolute atomic E-state index is 0.183. The van der Waals surface area contributed by atoms with E-state index < -0.39 is 0 Å². The van der Waals surface area contributed by atoms with Gasteiger partial charge in [-0.1, -0.05) is 19.9 Å². The Balaban J connectivity index is 2.45. The zero-order valence-electron chi connectivity index (χ0n) is 13.3. The molecule has 0 bridgehead atoms. The highest BCUT2D eigenvalue weighted by molar-refractivity contribution is 5.69. The van der Waals surface area contributed by atoms with Crippen molar-refractivity contribution >= 4 is 0 Å². The lowest BCUT2D eigenvalue weighted by atomic mass is 10.0. The molecule has 0 aliphatic rings. The van der Waals surface area contributed by atoms with Crippen molar-refractivity contribution < 1.29 is 4.39 Å². The molecule has 0 atom stereocenters. The van der Waals surface area contributed by atoms with E-state index in [9.17, 15) is 4.39 Å². The van der Waals surface area contributed by atoms with Crippen LogP contribution in [-0.2, 0) is 13.1 Å². The molecule has 0 saturated heterocycles. The molecule has 1 aromatic carbocycles. The molecule has 3 nitrogen and oxygen atoms in total. The van der Waals surface area contributed by atoms with Crippen molar-refractivity contribution in [3.8, 4) is 11.1 Å². The molecule has 2 rings (SSSR count). The molecule has 1 aromatic heterocycles. The first-order valence-corrected chi connectivity index (χ1v) is 7.62. The zero-order chi connectivity index (χ0) is 15.4. The molecule has 0 aliphatic carbocycles. The topological polar surface area (TPSA) is 29.9 Å². The maximum absolute atomic E-state index is 14.3. The van der Waals surface area contributed by atoms with E-state index in [-0.39, 0.29) is 5.82 Å². The summed E-state index contributed by atoms with van der Waals surface area (Å²) in [7, 11) is 0. The van der Waals surface area contributed by atoms with Gasteiger partial charge in [0.25, 0.3) is 0 Å². The lowest BCUT2D eigenvalue weighted by Gasteiger charge is -2.09. The second kappa shape index (κ2) is 6.85. The van der Waals surface area contributed by atoms with Crippen LogP contribution in [0.3, 0.4) is 0 Å². The quantitative estimate of drug-likeness (QED) is 0.876. The van der Waals surface area contributed by atoms with Gasteiger partial charge >= 0.3 is 0 Å². The van der Waals surface area contributed by atoms with Gasteiger partial charge in [0.2, 0.25) is 0 Å². The fourth-order valence-corrected chi connectivity index (χ4v) is 2.66. The highest BCUT2D eigenvalue weighted by Crippen LogP contribution is 2.30. The minimum Gasteiger partial charge on any atom is -0.313 e. The van der Waals surface area contributed by atoms with E-state index in [0.29, 0.717) is 5.56 Å². The van der Waals surface area contributed by atoms with Crippen LogP contribution < -0.4 is 5.32 Å². The van der Waals surface area contributed by atoms with Gasteiger partial charge in [-0.3, -0.25) is 4.68 Å². The standard InChI is InChI=1S/C17H24FN3/c1-5-9-21-13(4)17(12(3)20-21)15-10-14(11-19-6-2)7-8-16(15)18/h7-8,10,19H,5-6,9,11H2,1-4H3. The Morgan fingerprint density at radius 1 is 1.24 bits per heavy atom. The fourth-order valence-electron chi connectivity index (χ4n) is 2.66. The Morgan fingerprint density at radius 3 is 2.67 bits per heavy atom. The van der Waals surface area contributed by atoms with Crippen LogP contribution in [0.15, 0.2) is 18.2 Å². The fraction of sp³-hybridized carbons (Fsp3) is 0.471. The molecule has 21 heavy (non-hydrogen) atoms. The number of rotatable bonds is 6. The Labute approximate surface area is 126 Å². The number of benzene rings is 1. The molecule has 1 heterocycles. The van der Waals surface area contributed by atoms with Crippen molar-refractivity contribution in [3.05, 3.63) is 41.0 Å². The first kappa shape index (κ1) is 15.7. The van der Waals surface area contributed by atoms with Crippen LogP contribution in [0.2, 0.25) is 0 Å². The van der Waals surface area contributed by atoms with E-state index in [1.54, 1.807) is 6.07 Å². The summed E-state index contributed by atoms with van der Waals surface area (Å²) in [6.45, 7) is 10.7. The molecular weight excluding hydrogens is 265 g/mol. The predicted molar refractivity (Wildman–Crippen MR) is 84.8 cm³/mol. The summed E-state index contributed by atoms with van der Waals surface area (Å²) in [5.74, 6) is -0.183. The van der Waals surface area contributed by atoms with Crippen LogP contribution in [0.25, 0.3) is 11.1 Å². The van der Waals surface area contributed by atoms with Crippen LogP contribution in [-0.4, -0.2) is 16.3 Å². The van der Waals surface area contributed by atoms with Crippen LogP contribution in [0.5, 0.6) is 0 Å². The lowest BCUT2D eigenvalue weighted by molar-refractivity contribution is 0.583. The molecule has 0 spiro atoms. The van der Waals surface area contributed by atoms with Crippen molar-refractivity contribution in [2.24, 2.45) is 0 Å². The first-order chi connectivity index (χ1) is 10.1. The Kier molecular flexibility index (Phi) is 5.12. The number of hydrogen-bond donors (Lipinski definition) is 1. The molecular formula is C17H24FN3. The molecule has 1 N–H and O–H groups in total. The third kappa shape index (κ3) is 3.32. The van der Waals surface area contributed by atoms with E-state index in [1.807, 2.05) is 30.7 Å². The third-order valence-corrected chi connectivity index (χ3v) is 3.70. The zero-order valence-corrected chi connectivity index (χ0v) is 13.3. The summed E-state index contributed by atoms with van der Waals surface area (Å²) >= 11 is 0. The number of hydrogen-bond acceptors (Lipinski definition) is 2. The van der Waals surface area contributed by atoms with Gasteiger partial charge in [-0.05, 0) is 44.5 Å². The summed E-state index contributed by atoms with van der Waals surface area (Å²) < 4.78 is 16.2. The molecule has 0 radical (unpaired) electrons.